The number of carbonyl (C=O) groups excluding carboxylic acids is 1. The van der Waals surface area contributed by atoms with Gasteiger partial charge in [0.25, 0.3) is 0 Å². The predicted molar refractivity (Wildman–Crippen MR) is 67.4 cm³/mol. The van der Waals surface area contributed by atoms with Crippen LogP contribution in [0.1, 0.15) is 12.5 Å². The summed E-state index contributed by atoms with van der Waals surface area (Å²) in [6.45, 7) is 4.70. The number of carbonyl (C=O) groups is 1. The van der Waals surface area contributed by atoms with Crippen molar-refractivity contribution in [2.45, 2.75) is 13.3 Å². The summed E-state index contributed by atoms with van der Waals surface area (Å²) in [6, 6.07) is 8.41. The van der Waals surface area contributed by atoms with Crippen LogP contribution in [0.4, 0.5) is 10.5 Å². The van der Waals surface area contributed by atoms with Gasteiger partial charge in [0.05, 0.1) is 6.61 Å². The molecule has 1 heterocycles. The topological polar surface area (TPSA) is 41.6 Å². The number of nitrogens with one attached hydrogen (secondary N) is 1. The van der Waals surface area contributed by atoms with Gasteiger partial charge in [0.15, 0.2) is 0 Å². The van der Waals surface area contributed by atoms with Crippen molar-refractivity contribution in [3.8, 4) is 0 Å². The third-order valence-electron chi connectivity index (χ3n) is 2.91. The van der Waals surface area contributed by atoms with Crippen molar-refractivity contribution in [1.29, 1.82) is 0 Å². The van der Waals surface area contributed by atoms with E-state index < -0.39 is 0 Å². The summed E-state index contributed by atoms with van der Waals surface area (Å²) in [4.78, 5) is 13.4. The van der Waals surface area contributed by atoms with Crippen LogP contribution in [0.25, 0.3) is 0 Å². The highest BCUT2D eigenvalue weighted by atomic mass is 16.5. The van der Waals surface area contributed by atoms with Crippen molar-refractivity contribution in [2.75, 3.05) is 31.1 Å². The maximum absolute atomic E-state index is 11.1. The average Bonchev–Trinajstić information content (AvgIpc) is 2.73. The molecule has 2 rings (SSSR count). The van der Waals surface area contributed by atoms with E-state index in [9.17, 15) is 4.79 Å². The smallest absolute Gasteiger partial charge is 0.407 e. The molecule has 0 spiro atoms. The zero-order valence-electron chi connectivity index (χ0n) is 10.1. The molecule has 1 aliphatic rings. The quantitative estimate of drug-likeness (QED) is 0.863. The number of fused-ring (bicyclic) bond motifs is 1. The zero-order valence-corrected chi connectivity index (χ0v) is 10.1. The van der Waals surface area contributed by atoms with Gasteiger partial charge in [-0.3, -0.25) is 0 Å². The van der Waals surface area contributed by atoms with Crippen LogP contribution in [0.5, 0.6) is 0 Å². The molecule has 0 unspecified atom stereocenters. The number of alkyl carbamates (subject to hydrolysis) is 1. The molecule has 1 amide bonds. The monoisotopic (exact) mass is 234 g/mol. The number of rotatable bonds is 4. The van der Waals surface area contributed by atoms with Crippen LogP contribution < -0.4 is 10.2 Å². The van der Waals surface area contributed by atoms with E-state index in [1.54, 1.807) is 6.92 Å². The van der Waals surface area contributed by atoms with Gasteiger partial charge >= 0.3 is 6.09 Å². The van der Waals surface area contributed by atoms with Crippen LogP contribution in [0, 0.1) is 0 Å². The summed E-state index contributed by atoms with van der Waals surface area (Å²) in [5, 5.41) is 2.74. The second-order valence-electron chi connectivity index (χ2n) is 4.01. The lowest BCUT2D eigenvalue weighted by atomic mass is 10.2. The Balaban J connectivity index is 1.80. The molecule has 0 aliphatic carbocycles. The van der Waals surface area contributed by atoms with Gasteiger partial charge in [-0.15, -0.1) is 0 Å². The predicted octanol–water partition coefficient (Wildman–Crippen LogP) is 1.80. The zero-order chi connectivity index (χ0) is 12.1. The number of hydrogen-bond donors (Lipinski definition) is 1. The van der Waals surface area contributed by atoms with Gasteiger partial charge in [0.2, 0.25) is 0 Å². The molecule has 1 aliphatic heterocycles. The number of anilines is 1. The van der Waals surface area contributed by atoms with Gasteiger partial charge in [-0.2, -0.15) is 0 Å². The van der Waals surface area contributed by atoms with Gasteiger partial charge in [-0.25, -0.2) is 4.79 Å². The minimum Gasteiger partial charge on any atom is -0.450 e. The van der Waals surface area contributed by atoms with Crippen molar-refractivity contribution >= 4 is 11.8 Å². The van der Waals surface area contributed by atoms with E-state index in [0.717, 1.165) is 19.5 Å². The average molecular weight is 234 g/mol. The van der Waals surface area contributed by atoms with Gasteiger partial charge in [-0.1, -0.05) is 18.2 Å². The van der Waals surface area contributed by atoms with Gasteiger partial charge in [0.1, 0.15) is 0 Å². The van der Waals surface area contributed by atoms with Crippen molar-refractivity contribution < 1.29 is 9.53 Å². The molecule has 1 aromatic carbocycles. The molecule has 0 atom stereocenters. The lowest BCUT2D eigenvalue weighted by Crippen LogP contribution is -2.34. The first kappa shape index (κ1) is 11.8. The Morgan fingerprint density at radius 1 is 1.47 bits per heavy atom. The highest BCUT2D eigenvalue weighted by Crippen LogP contribution is 2.26. The normalized spacial score (nSPS) is 13.4. The molecule has 1 aromatic rings. The molecular formula is C13H18N2O2. The number of amides is 1. The van der Waals surface area contributed by atoms with E-state index in [4.69, 9.17) is 4.74 Å². The molecule has 0 fully saturated rings. The molecule has 0 aromatic heterocycles. The molecule has 92 valence electrons. The summed E-state index contributed by atoms with van der Waals surface area (Å²) in [5.41, 5.74) is 2.68. The molecule has 0 saturated carbocycles. The van der Waals surface area contributed by atoms with Gasteiger partial charge in [0, 0.05) is 25.3 Å². The van der Waals surface area contributed by atoms with Crippen LogP contribution in [0.3, 0.4) is 0 Å². The largest absolute Gasteiger partial charge is 0.450 e. The van der Waals surface area contributed by atoms with E-state index in [-0.39, 0.29) is 6.09 Å². The Kier molecular flexibility index (Phi) is 3.85. The van der Waals surface area contributed by atoms with Crippen LogP contribution >= 0.6 is 0 Å². The van der Waals surface area contributed by atoms with E-state index >= 15 is 0 Å². The Labute approximate surface area is 102 Å². The highest BCUT2D eigenvalue weighted by Gasteiger charge is 2.17. The first-order valence-electron chi connectivity index (χ1n) is 6.04. The third kappa shape index (κ3) is 2.90. The summed E-state index contributed by atoms with van der Waals surface area (Å²) >= 11 is 0. The minimum atomic E-state index is -0.333. The first-order valence-corrected chi connectivity index (χ1v) is 6.04. The number of para-hydroxylation sites is 1. The first-order chi connectivity index (χ1) is 8.31. The number of hydrogen-bond acceptors (Lipinski definition) is 3. The molecule has 4 nitrogen and oxygen atoms in total. The Morgan fingerprint density at radius 2 is 2.29 bits per heavy atom. The fourth-order valence-electron chi connectivity index (χ4n) is 2.11. The Hall–Kier alpha value is -1.71. The second kappa shape index (κ2) is 5.57. The molecule has 17 heavy (non-hydrogen) atoms. The molecule has 1 N–H and O–H groups in total. The standard InChI is InChI=1S/C13H18N2O2/c1-2-17-13(16)14-8-10-15-9-7-11-5-3-4-6-12(11)15/h3-6H,2,7-10H2,1H3,(H,14,16). The van der Waals surface area contributed by atoms with Crippen molar-refractivity contribution in [3.63, 3.8) is 0 Å². The van der Waals surface area contributed by atoms with Gasteiger partial charge in [-0.05, 0) is 25.0 Å². The molecular weight excluding hydrogens is 216 g/mol. The fraction of sp³-hybridized carbons (Fsp3) is 0.462. The summed E-state index contributed by atoms with van der Waals surface area (Å²) in [5.74, 6) is 0. The lowest BCUT2D eigenvalue weighted by molar-refractivity contribution is 0.152. The lowest BCUT2D eigenvalue weighted by Gasteiger charge is -2.19. The molecule has 4 heteroatoms. The summed E-state index contributed by atoms with van der Waals surface area (Å²) in [7, 11) is 0. The molecule has 0 radical (unpaired) electrons. The summed E-state index contributed by atoms with van der Waals surface area (Å²) < 4.78 is 4.81. The van der Waals surface area contributed by atoms with Crippen LogP contribution in [-0.2, 0) is 11.2 Å². The van der Waals surface area contributed by atoms with Crippen molar-refractivity contribution in [2.24, 2.45) is 0 Å². The van der Waals surface area contributed by atoms with Crippen LogP contribution in [0.15, 0.2) is 24.3 Å². The maximum atomic E-state index is 11.1. The van der Waals surface area contributed by atoms with E-state index in [2.05, 4.69) is 34.5 Å². The van der Waals surface area contributed by atoms with E-state index in [1.165, 1.54) is 11.3 Å². The number of nitrogens with zero attached hydrogens (tertiary/aromatic N) is 1. The number of ether oxygens (including phenoxy) is 1. The Bertz CT molecular complexity index is 393. The van der Waals surface area contributed by atoms with Crippen molar-refractivity contribution in [1.82, 2.24) is 5.32 Å². The van der Waals surface area contributed by atoms with Crippen LogP contribution in [0.2, 0.25) is 0 Å². The van der Waals surface area contributed by atoms with Crippen LogP contribution in [-0.4, -0.2) is 32.3 Å². The van der Waals surface area contributed by atoms with Gasteiger partial charge < -0.3 is 15.0 Å². The Morgan fingerprint density at radius 3 is 3.12 bits per heavy atom. The summed E-state index contributed by atoms with van der Waals surface area (Å²) in [6.07, 6.45) is 0.759. The number of benzene rings is 1. The maximum Gasteiger partial charge on any atom is 0.407 e. The second-order valence-corrected chi connectivity index (χ2v) is 4.01. The third-order valence-corrected chi connectivity index (χ3v) is 2.91. The SMILES string of the molecule is CCOC(=O)NCCN1CCc2ccccc21. The highest BCUT2D eigenvalue weighted by molar-refractivity contribution is 5.67. The van der Waals surface area contributed by atoms with Crippen molar-refractivity contribution in [3.05, 3.63) is 29.8 Å². The fourth-order valence-corrected chi connectivity index (χ4v) is 2.11. The molecule has 0 bridgehead atoms. The van der Waals surface area contributed by atoms with E-state index in [0.29, 0.717) is 13.2 Å². The minimum absolute atomic E-state index is 0.333. The van der Waals surface area contributed by atoms with E-state index in [1.807, 2.05) is 0 Å². The molecule has 0 saturated heterocycles.